The van der Waals surface area contributed by atoms with Gasteiger partial charge in [0.05, 0.1) is 0 Å². The molecule has 0 atom stereocenters. The molecule has 1 aromatic carbocycles. The van der Waals surface area contributed by atoms with Crippen molar-refractivity contribution in [3.63, 3.8) is 0 Å². The molecule has 2 aromatic rings. The van der Waals surface area contributed by atoms with Gasteiger partial charge in [0.2, 0.25) is 0 Å². The summed E-state index contributed by atoms with van der Waals surface area (Å²) in [6.07, 6.45) is 3.36. The first-order valence-electron chi connectivity index (χ1n) is 5.86. The summed E-state index contributed by atoms with van der Waals surface area (Å²) >= 11 is 5.92. The molecule has 0 fully saturated rings. The minimum Gasteiger partial charge on any atom is -0.361 e. The topological polar surface area (TPSA) is 32.9 Å². The lowest BCUT2D eigenvalue weighted by Gasteiger charge is -2.03. The number of H-pyrrole nitrogens is 1. The summed E-state index contributed by atoms with van der Waals surface area (Å²) in [7, 11) is 0. The third-order valence-corrected chi connectivity index (χ3v) is 3.25. The molecule has 3 heteroatoms. The zero-order valence-corrected chi connectivity index (χ0v) is 10.8. The van der Waals surface area contributed by atoms with E-state index in [4.69, 9.17) is 11.6 Å². The first kappa shape index (κ1) is 12.2. The van der Waals surface area contributed by atoms with Crippen LogP contribution in [0.25, 0.3) is 10.9 Å². The second-order valence-corrected chi connectivity index (χ2v) is 5.06. The number of carbonyl (C=O) groups is 1. The van der Waals surface area contributed by atoms with Crippen molar-refractivity contribution in [2.45, 2.75) is 26.7 Å². The molecule has 1 heterocycles. The number of halogens is 1. The number of carbonyl (C=O) groups excluding carboxylic acids is 1. The highest BCUT2D eigenvalue weighted by molar-refractivity contribution is 6.31. The van der Waals surface area contributed by atoms with Crippen LogP contribution in [0.3, 0.4) is 0 Å². The molecule has 0 aliphatic heterocycles. The molecule has 0 spiro atoms. The van der Waals surface area contributed by atoms with Crippen LogP contribution in [0, 0.1) is 5.92 Å². The molecule has 0 radical (unpaired) electrons. The second-order valence-electron chi connectivity index (χ2n) is 4.62. The van der Waals surface area contributed by atoms with Crippen molar-refractivity contribution in [2.75, 3.05) is 0 Å². The molecule has 0 unspecified atom stereocenters. The van der Waals surface area contributed by atoms with Crippen LogP contribution in [0.2, 0.25) is 5.02 Å². The first-order chi connectivity index (χ1) is 8.08. The maximum Gasteiger partial charge on any atom is 0.135 e. The summed E-state index contributed by atoms with van der Waals surface area (Å²) in [5.41, 5.74) is 2.22. The van der Waals surface area contributed by atoms with Crippen molar-refractivity contribution in [1.82, 2.24) is 4.98 Å². The van der Waals surface area contributed by atoms with Gasteiger partial charge in [0.25, 0.3) is 0 Å². The molecule has 0 saturated heterocycles. The average molecular weight is 250 g/mol. The Bertz CT molecular complexity index is 542. The number of aryl methyl sites for hydroxylation is 1. The third kappa shape index (κ3) is 2.70. The van der Waals surface area contributed by atoms with Crippen LogP contribution in [0.1, 0.15) is 25.8 Å². The van der Waals surface area contributed by atoms with Crippen molar-refractivity contribution in [1.29, 1.82) is 0 Å². The number of fused-ring (bicyclic) bond motifs is 1. The fourth-order valence-electron chi connectivity index (χ4n) is 1.91. The Kier molecular flexibility index (Phi) is 3.53. The summed E-state index contributed by atoms with van der Waals surface area (Å²) < 4.78 is 0. The molecule has 0 aliphatic carbocycles. The number of nitrogens with one attached hydrogen (secondary N) is 1. The summed E-state index contributed by atoms with van der Waals surface area (Å²) in [4.78, 5) is 14.8. The standard InChI is InChI=1S/C14H16ClNO/c1-9(2)14(17)6-3-10-8-16-13-7-11(15)4-5-12(10)13/h4-5,7-9,16H,3,6H2,1-2H3. The van der Waals surface area contributed by atoms with Crippen LogP contribution >= 0.6 is 11.6 Å². The first-order valence-corrected chi connectivity index (χ1v) is 6.24. The van der Waals surface area contributed by atoms with E-state index in [1.54, 1.807) is 0 Å². The third-order valence-electron chi connectivity index (χ3n) is 3.01. The molecule has 90 valence electrons. The van der Waals surface area contributed by atoms with Crippen LogP contribution < -0.4 is 0 Å². The second kappa shape index (κ2) is 4.92. The Morgan fingerprint density at radius 2 is 2.18 bits per heavy atom. The van der Waals surface area contributed by atoms with Crippen LogP contribution in [0.4, 0.5) is 0 Å². The van der Waals surface area contributed by atoms with Gasteiger partial charge >= 0.3 is 0 Å². The smallest absolute Gasteiger partial charge is 0.135 e. The lowest BCUT2D eigenvalue weighted by Crippen LogP contribution is -2.07. The molecule has 0 saturated carbocycles. The van der Waals surface area contributed by atoms with Gasteiger partial charge in [-0.05, 0) is 24.1 Å². The number of aromatic nitrogens is 1. The van der Waals surface area contributed by atoms with Crippen LogP contribution in [0.5, 0.6) is 0 Å². The van der Waals surface area contributed by atoms with Crippen molar-refractivity contribution in [3.05, 3.63) is 35.0 Å². The van der Waals surface area contributed by atoms with Crippen molar-refractivity contribution in [2.24, 2.45) is 5.92 Å². The summed E-state index contributed by atoms with van der Waals surface area (Å²) in [6, 6.07) is 5.79. The minimum absolute atomic E-state index is 0.120. The Balaban J connectivity index is 2.17. The highest BCUT2D eigenvalue weighted by Crippen LogP contribution is 2.23. The van der Waals surface area contributed by atoms with E-state index in [0.29, 0.717) is 12.2 Å². The van der Waals surface area contributed by atoms with E-state index in [1.165, 1.54) is 5.56 Å². The highest BCUT2D eigenvalue weighted by atomic mass is 35.5. The van der Waals surface area contributed by atoms with E-state index in [1.807, 2.05) is 38.2 Å². The quantitative estimate of drug-likeness (QED) is 0.874. The zero-order chi connectivity index (χ0) is 12.4. The zero-order valence-electron chi connectivity index (χ0n) is 10.1. The van der Waals surface area contributed by atoms with Gasteiger partial charge in [0, 0.05) is 34.5 Å². The van der Waals surface area contributed by atoms with E-state index in [0.717, 1.165) is 22.3 Å². The van der Waals surface area contributed by atoms with E-state index in [-0.39, 0.29) is 5.92 Å². The van der Waals surface area contributed by atoms with Gasteiger partial charge in [0.1, 0.15) is 5.78 Å². The predicted octanol–water partition coefficient (Wildman–Crippen LogP) is 3.98. The number of Topliss-reactive ketones (excluding diaryl/α,β-unsaturated/α-hetero) is 1. The molecule has 0 aliphatic rings. The fourth-order valence-corrected chi connectivity index (χ4v) is 2.08. The van der Waals surface area contributed by atoms with Crippen molar-refractivity contribution < 1.29 is 4.79 Å². The van der Waals surface area contributed by atoms with Gasteiger partial charge in [-0.25, -0.2) is 0 Å². The predicted molar refractivity (Wildman–Crippen MR) is 71.5 cm³/mol. The Labute approximate surface area is 106 Å². The molecular formula is C14H16ClNO. The van der Waals surface area contributed by atoms with Gasteiger partial charge < -0.3 is 4.98 Å². The molecule has 2 nitrogen and oxygen atoms in total. The molecule has 0 amide bonds. The number of ketones is 1. The molecule has 0 bridgehead atoms. The SMILES string of the molecule is CC(C)C(=O)CCc1c[nH]c2cc(Cl)ccc12. The fraction of sp³-hybridized carbons (Fsp3) is 0.357. The van der Waals surface area contributed by atoms with Gasteiger partial charge in [-0.2, -0.15) is 0 Å². The van der Waals surface area contributed by atoms with Gasteiger partial charge in [-0.15, -0.1) is 0 Å². The largest absolute Gasteiger partial charge is 0.361 e. The Morgan fingerprint density at radius 1 is 1.41 bits per heavy atom. The normalized spacial score (nSPS) is 11.3. The highest BCUT2D eigenvalue weighted by Gasteiger charge is 2.09. The van der Waals surface area contributed by atoms with Gasteiger partial charge in [-0.1, -0.05) is 31.5 Å². The molecular weight excluding hydrogens is 234 g/mol. The maximum absolute atomic E-state index is 11.6. The number of benzene rings is 1. The average Bonchev–Trinajstić information content (AvgIpc) is 2.67. The van der Waals surface area contributed by atoms with Crippen LogP contribution in [0.15, 0.2) is 24.4 Å². The molecule has 2 rings (SSSR count). The maximum atomic E-state index is 11.6. The molecule has 1 aromatic heterocycles. The van der Waals surface area contributed by atoms with Crippen LogP contribution in [-0.2, 0) is 11.2 Å². The van der Waals surface area contributed by atoms with E-state index >= 15 is 0 Å². The lowest BCUT2D eigenvalue weighted by atomic mass is 10.0. The van der Waals surface area contributed by atoms with E-state index in [2.05, 4.69) is 4.98 Å². The summed E-state index contributed by atoms with van der Waals surface area (Å²) in [5.74, 6) is 0.433. The minimum atomic E-state index is 0.120. The molecule has 17 heavy (non-hydrogen) atoms. The Hall–Kier alpha value is -1.28. The number of hydrogen-bond acceptors (Lipinski definition) is 1. The summed E-state index contributed by atoms with van der Waals surface area (Å²) in [5, 5.41) is 1.88. The van der Waals surface area contributed by atoms with Crippen molar-refractivity contribution in [3.8, 4) is 0 Å². The van der Waals surface area contributed by atoms with Gasteiger partial charge in [-0.3, -0.25) is 4.79 Å². The van der Waals surface area contributed by atoms with Crippen molar-refractivity contribution >= 4 is 28.3 Å². The van der Waals surface area contributed by atoms with Gasteiger partial charge in [0.15, 0.2) is 0 Å². The van der Waals surface area contributed by atoms with Crippen LogP contribution in [-0.4, -0.2) is 10.8 Å². The lowest BCUT2D eigenvalue weighted by molar-refractivity contribution is -0.121. The summed E-state index contributed by atoms with van der Waals surface area (Å²) in [6.45, 7) is 3.88. The Morgan fingerprint density at radius 3 is 2.88 bits per heavy atom. The molecule has 1 N–H and O–H groups in total. The monoisotopic (exact) mass is 249 g/mol. The van der Waals surface area contributed by atoms with E-state index in [9.17, 15) is 4.79 Å². The van der Waals surface area contributed by atoms with E-state index < -0.39 is 0 Å². The number of rotatable bonds is 4. The number of hydrogen-bond donors (Lipinski definition) is 1. The number of aromatic amines is 1.